The number of nitrogens with zero attached hydrogens (tertiary/aromatic N) is 3. The maximum atomic E-state index is 12.5. The Morgan fingerprint density at radius 2 is 2.36 bits per heavy atom. The number of aromatic nitrogens is 3. The van der Waals surface area contributed by atoms with Crippen molar-refractivity contribution in [3.05, 3.63) is 41.1 Å². The average molecular weight is 302 g/mol. The molecule has 6 heteroatoms. The molecule has 22 heavy (non-hydrogen) atoms. The van der Waals surface area contributed by atoms with Crippen LogP contribution >= 0.6 is 0 Å². The summed E-state index contributed by atoms with van der Waals surface area (Å²) in [5.74, 6) is 0.512. The minimum Gasteiger partial charge on any atom is -0.381 e. The van der Waals surface area contributed by atoms with Crippen molar-refractivity contribution < 1.29 is 4.74 Å². The van der Waals surface area contributed by atoms with Crippen molar-refractivity contribution in [3.63, 3.8) is 0 Å². The van der Waals surface area contributed by atoms with Gasteiger partial charge in [-0.3, -0.25) is 14.0 Å². The minimum absolute atomic E-state index is 0.0556. The van der Waals surface area contributed by atoms with Gasteiger partial charge in [-0.05, 0) is 32.4 Å². The van der Waals surface area contributed by atoms with Crippen LogP contribution in [0.5, 0.6) is 0 Å². The van der Waals surface area contributed by atoms with Crippen LogP contribution in [0.15, 0.2) is 35.5 Å². The molecule has 3 heterocycles. The van der Waals surface area contributed by atoms with Crippen LogP contribution in [0.25, 0.3) is 5.69 Å². The highest BCUT2D eigenvalue weighted by molar-refractivity contribution is 5.43. The lowest BCUT2D eigenvalue weighted by Gasteiger charge is -2.11. The molecule has 0 amide bonds. The van der Waals surface area contributed by atoms with Crippen molar-refractivity contribution in [2.24, 2.45) is 5.92 Å². The zero-order valence-corrected chi connectivity index (χ0v) is 13.0. The Hall–Kier alpha value is -2.08. The third-order valence-electron chi connectivity index (χ3n) is 3.76. The first-order valence-corrected chi connectivity index (χ1v) is 7.72. The van der Waals surface area contributed by atoms with Crippen LogP contribution < -0.4 is 10.9 Å². The number of ether oxygens (including phenoxy) is 1. The van der Waals surface area contributed by atoms with Crippen LogP contribution in [0.1, 0.15) is 20.3 Å². The smallest absolute Gasteiger partial charge is 0.278 e. The van der Waals surface area contributed by atoms with E-state index in [1.54, 1.807) is 23.0 Å². The van der Waals surface area contributed by atoms with Crippen molar-refractivity contribution >= 4 is 5.69 Å². The van der Waals surface area contributed by atoms with Gasteiger partial charge in [0.1, 0.15) is 5.69 Å². The Labute approximate surface area is 129 Å². The Balaban J connectivity index is 1.82. The molecule has 2 aromatic rings. The van der Waals surface area contributed by atoms with Crippen LogP contribution in [0.2, 0.25) is 0 Å². The first kappa shape index (κ1) is 14.8. The van der Waals surface area contributed by atoms with E-state index in [-0.39, 0.29) is 11.6 Å². The van der Waals surface area contributed by atoms with Crippen molar-refractivity contribution in [2.75, 3.05) is 18.5 Å². The fourth-order valence-corrected chi connectivity index (χ4v) is 2.69. The van der Waals surface area contributed by atoms with Gasteiger partial charge < -0.3 is 10.1 Å². The fourth-order valence-electron chi connectivity index (χ4n) is 2.69. The summed E-state index contributed by atoms with van der Waals surface area (Å²) in [6.45, 7) is 6.49. The van der Waals surface area contributed by atoms with Gasteiger partial charge in [0.25, 0.3) is 5.56 Å². The van der Waals surface area contributed by atoms with E-state index in [0.29, 0.717) is 11.6 Å². The molecular formula is C16H22N4O2. The lowest BCUT2D eigenvalue weighted by atomic mass is 10.1. The fraction of sp³-hybridized carbons (Fsp3) is 0.500. The van der Waals surface area contributed by atoms with E-state index in [0.717, 1.165) is 31.9 Å². The second-order valence-electron chi connectivity index (χ2n) is 6.05. The van der Waals surface area contributed by atoms with Gasteiger partial charge in [-0.15, -0.1) is 0 Å². The molecule has 118 valence electrons. The summed E-state index contributed by atoms with van der Waals surface area (Å²) in [5, 5.41) is 7.54. The second kappa shape index (κ2) is 6.36. The summed E-state index contributed by atoms with van der Waals surface area (Å²) >= 11 is 0. The van der Waals surface area contributed by atoms with Gasteiger partial charge in [0.05, 0.1) is 18.5 Å². The van der Waals surface area contributed by atoms with E-state index in [2.05, 4.69) is 10.4 Å². The Bertz CT molecular complexity index is 683. The van der Waals surface area contributed by atoms with Crippen LogP contribution in [-0.4, -0.2) is 33.6 Å². The van der Waals surface area contributed by atoms with E-state index in [1.165, 1.54) is 0 Å². The van der Waals surface area contributed by atoms with Gasteiger partial charge in [-0.1, -0.05) is 0 Å². The third-order valence-corrected chi connectivity index (χ3v) is 3.76. The lowest BCUT2D eigenvalue weighted by molar-refractivity contribution is 0.181. The first-order chi connectivity index (χ1) is 10.6. The largest absolute Gasteiger partial charge is 0.381 e. The summed E-state index contributed by atoms with van der Waals surface area (Å²) < 4.78 is 8.90. The van der Waals surface area contributed by atoms with Crippen LogP contribution in [0.3, 0.4) is 0 Å². The van der Waals surface area contributed by atoms with E-state index in [1.807, 2.05) is 30.8 Å². The molecule has 1 saturated heterocycles. The van der Waals surface area contributed by atoms with E-state index in [4.69, 9.17) is 4.74 Å². The number of rotatable bonds is 5. The molecule has 1 unspecified atom stereocenters. The average Bonchev–Trinajstić information content (AvgIpc) is 3.13. The molecular weight excluding hydrogens is 280 g/mol. The first-order valence-electron chi connectivity index (χ1n) is 7.72. The van der Waals surface area contributed by atoms with Gasteiger partial charge in [0.15, 0.2) is 0 Å². The van der Waals surface area contributed by atoms with Crippen LogP contribution in [0.4, 0.5) is 5.69 Å². The topological polar surface area (TPSA) is 61.1 Å². The van der Waals surface area contributed by atoms with Crippen molar-refractivity contribution in [1.82, 2.24) is 14.3 Å². The molecule has 0 aliphatic carbocycles. The Morgan fingerprint density at radius 3 is 3.09 bits per heavy atom. The summed E-state index contributed by atoms with van der Waals surface area (Å²) in [4.78, 5) is 12.5. The number of hydrogen-bond acceptors (Lipinski definition) is 4. The number of hydrogen-bond donors (Lipinski definition) is 1. The molecule has 0 bridgehead atoms. The zero-order valence-electron chi connectivity index (χ0n) is 13.0. The highest BCUT2D eigenvalue weighted by Crippen LogP contribution is 2.15. The van der Waals surface area contributed by atoms with Crippen LogP contribution in [0, 0.1) is 5.92 Å². The Kier molecular flexibility index (Phi) is 4.29. The standard InChI is InChI=1S/C16H22N4O2/c1-12(2)18-15-4-3-6-20(16(15)21)14-8-17-19(10-14)9-13-5-7-22-11-13/h3-4,6,8,10,12-13,18H,5,7,9,11H2,1-2H3. The monoisotopic (exact) mass is 302 g/mol. The number of pyridine rings is 1. The maximum Gasteiger partial charge on any atom is 0.278 e. The number of anilines is 1. The molecule has 1 N–H and O–H groups in total. The quantitative estimate of drug-likeness (QED) is 0.916. The van der Waals surface area contributed by atoms with E-state index >= 15 is 0 Å². The van der Waals surface area contributed by atoms with Gasteiger partial charge in [0, 0.05) is 37.5 Å². The third kappa shape index (κ3) is 3.22. The molecule has 6 nitrogen and oxygen atoms in total. The highest BCUT2D eigenvalue weighted by Gasteiger charge is 2.17. The van der Waals surface area contributed by atoms with Crippen molar-refractivity contribution in [3.8, 4) is 5.69 Å². The Morgan fingerprint density at radius 1 is 1.50 bits per heavy atom. The zero-order chi connectivity index (χ0) is 15.5. The van der Waals surface area contributed by atoms with Gasteiger partial charge in [0.2, 0.25) is 0 Å². The summed E-state index contributed by atoms with van der Waals surface area (Å²) in [6, 6.07) is 3.89. The van der Waals surface area contributed by atoms with Crippen LogP contribution in [-0.2, 0) is 11.3 Å². The molecule has 1 aliphatic rings. The van der Waals surface area contributed by atoms with Gasteiger partial charge in [-0.2, -0.15) is 5.10 Å². The predicted octanol–water partition coefficient (Wildman–Crippen LogP) is 1.89. The van der Waals surface area contributed by atoms with Gasteiger partial charge in [-0.25, -0.2) is 0 Å². The molecule has 3 rings (SSSR count). The van der Waals surface area contributed by atoms with Gasteiger partial charge >= 0.3 is 0 Å². The summed E-state index contributed by atoms with van der Waals surface area (Å²) in [5.41, 5.74) is 1.34. The van der Waals surface area contributed by atoms with E-state index < -0.39 is 0 Å². The minimum atomic E-state index is -0.0556. The molecule has 2 aromatic heterocycles. The molecule has 1 fully saturated rings. The lowest BCUT2D eigenvalue weighted by Crippen LogP contribution is -2.24. The normalized spacial score (nSPS) is 18.0. The molecule has 0 radical (unpaired) electrons. The molecule has 0 spiro atoms. The van der Waals surface area contributed by atoms with Crippen molar-refractivity contribution in [1.29, 1.82) is 0 Å². The van der Waals surface area contributed by atoms with Crippen molar-refractivity contribution in [2.45, 2.75) is 32.9 Å². The molecule has 1 aliphatic heterocycles. The predicted molar refractivity (Wildman–Crippen MR) is 85.5 cm³/mol. The highest BCUT2D eigenvalue weighted by atomic mass is 16.5. The summed E-state index contributed by atoms with van der Waals surface area (Å²) in [6.07, 6.45) is 6.49. The summed E-state index contributed by atoms with van der Waals surface area (Å²) in [7, 11) is 0. The maximum absolute atomic E-state index is 12.5. The van der Waals surface area contributed by atoms with E-state index in [9.17, 15) is 4.79 Å². The molecule has 0 saturated carbocycles. The number of nitrogens with one attached hydrogen (secondary N) is 1. The molecule has 1 atom stereocenters. The SMILES string of the molecule is CC(C)Nc1cccn(-c2cnn(CC3CCOC3)c2)c1=O. The second-order valence-corrected chi connectivity index (χ2v) is 6.05. The molecule has 0 aromatic carbocycles.